The van der Waals surface area contributed by atoms with Crippen LogP contribution in [0.15, 0.2) is 42.5 Å². The van der Waals surface area contributed by atoms with Crippen molar-refractivity contribution in [1.82, 2.24) is 5.32 Å². The topological polar surface area (TPSA) is 46.2 Å². The molecule has 1 amide bonds. The molecule has 17 heavy (non-hydrogen) atoms. The number of hydrogen-bond donors (Lipinski definition) is 1. The van der Waals surface area contributed by atoms with Crippen molar-refractivity contribution < 1.29 is 9.59 Å². The maximum atomic E-state index is 11.9. The Hall–Kier alpha value is -1.90. The number of allylic oxidation sites excluding steroid dienone is 1. The molecular formula is C14H17NO2. The first-order chi connectivity index (χ1) is 8.16. The molecule has 1 aromatic carbocycles. The Kier molecular flexibility index (Phi) is 5.14. The number of Topliss-reactive ketones (excluding diaryl/α,β-unsaturated/α-hetero) is 1. The first-order valence-corrected chi connectivity index (χ1v) is 5.65. The van der Waals surface area contributed by atoms with E-state index in [0.29, 0.717) is 12.1 Å². The number of rotatable bonds is 5. The van der Waals surface area contributed by atoms with Gasteiger partial charge in [0.25, 0.3) is 0 Å². The first-order valence-electron chi connectivity index (χ1n) is 5.65. The number of benzene rings is 1. The molecule has 0 radical (unpaired) electrons. The lowest BCUT2D eigenvalue weighted by Gasteiger charge is -2.10. The van der Waals surface area contributed by atoms with Gasteiger partial charge in [0.05, 0.1) is 5.92 Å². The Morgan fingerprint density at radius 3 is 2.53 bits per heavy atom. The Bertz CT molecular complexity index is 409. The lowest BCUT2D eigenvalue weighted by molar-refractivity contribution is -0.122. The molecule has 0 fully saturated rings. The lowest BCUT2D eigenvalue weighted by atomic mass is 9.99. The molecule has 3 heteroatoms. The molecule has 0 saturated heterocycles. The molecule has 0 heterocycles. The largest absolute Gasteiger partial charge is 0.352 e. The van der Waals surface area contributed by atoms with Gasteiger partial charge in [0.1, 0.15) is 0 Å². The molecule has 0 bridgehead atoms. The summed E-state index contributed by atoms with van der Waals surface area (Å²) < 4.78 is 0. The summed E-state index contributed by atoms with van der Waals surface area (Å²) in [5.74, 6) is -1.04. The quantitative estimate of drug-likeness (QED) is 0.479. The number of carbonyl (C=O) groups is 2. The van der Waals surface area contributed by atoms with Crippen LogP contribution in [0.5, 0.6) is 0 Å². The normalized spacial score (nSPS) is 12.4. The Labute approximate surface area is 102 Å². The third-order valence-corrected chi connectivity index (χ3v) is 2.47. The Morgan fingerprint density at radius 1 is 1.29 bits per heavy atom. The molecule has 1 N–H and O–H groups in total. The number of ketones is 1. The fourth-order valence-corrected chi connectivity index (χ4v) is 1.40. The van der Waals surface area contributed by atoms with Crippen molar-refractivity contribution >= 4 is 11.7 Å². The van der Waals surface area contributed by atoms with Gasteiger partial charge in [-0.2, -0.15) is 0 Å². The summed E-state index contributed by atoms with van der Waals surface area (Å²) in [6.07, 6.45) is 3.68. The predicted molar refractivity (Wildman–Crippen MR) is 67.8 cm³/mol. The SMILES string of the molecule is C/C=C/CNC(=O)[C@@H](C)C(=O)c1ccccc1. The minimum absolute atomic E-state index is 0.149. The van der Waals surface area contributed by atoms with Gasteiger partial charge >= 0.3 is 0 Å². The van der Waals surface area contributed by atoms with Gasteiger partial charge in [-0.1, -0.05) is 42.5 Å². The van der Waals surface area contributed by atoms with E-state index >= 15 is 0 Å². The van der Waals surface area contributed by atoms with E-state index < -0.39 is 5.92 Å². The fraction of sp³-hybridized carbons (Fsp3) is 0.286. The fourth-order valence-electron chi connectivity index (χ4n) is 1.40. The van der Waals surface area contributed by atoms with Gasteiger partial charge in [-0.25, -0.2) is 0 Å². The highest BCUT2D eigenvalue weighted by molar-refractivity contribution is 6.09. The molecule has 0 aliphatic heterocycles. The second kappa shape index (κ2) is 6.63. The van der Waals surface area contributed by atoms with E-state index in [-0.39, 0.29) is 11.7 Å². The molecular weight excluding hydrogens is 214 g/mol. The van der Waals surface area contributed by atoms with Crippen LogP contribution in [-0.2, 0) is 4.79 Å². The van der Waals surface area contributed by atoms with Gasteiger partial charge in [-0.3, -0.25) is 9.59 Å². The summed E-state index contributed by atoms with van der Waals surface area (Å²) in [5, 5.41) is 2.69. The van der Waals surface area contributed by atoms with Crippen LogP contribution in [0.3, 0.4) is 0 Å². The Morgan fingerprint density at radius 2 is 1.94 bits per heavy atom. The molecule has 1 rings (SSSR count). The van der Waals surface area contributed by atoms with Gasteiger partial charge in [0, 0.05) is 12.1 Å². The van der Waals surface area contributed by atoms with Gasteiger partial charge in [0.15, 0.2) is 5.78 Å². The van der Waals surface area contributed by atoms with E-state index in [9.17, 15) is 9.59 Å². The van der Waals surface area contributed by atoms with Crippen molar-refractivity contribution in [1.29, 1.82) is 0 Å². The predicted octanol–water partition coefficient (Wildman–Crippen LogP) is 2.20. The summed E-state index contributed by atoms with van der Waals surface area (Å²) in [7, 11) is 0. The summed E-state index contributed by atoms with van der Waals surface area (Å²) in [5.41, 5.74) is 0.571. The van der Waals surface area contributed by atoms with E-state index in [1.54, 1.807) is 31.2 Å². The van der Waals surface area contributed by atoms with E-state index in [1.165, 1.54) is 0 Å². The molecule has 0 aromatic heterocycles. The molecule has 0 saturated carbocycles. The van der Waals surface area contributed by atoms with Crippen molar-refractivity contribution in [2.24, 2.45) is 5.92 Å². The molecule has 1 atom stereocenters. The van der Waals surface area contributed by atoms with Gasteiger partial charge in [-0.05, 0) is 13.8 Å². The van der Waals surface area contributed by atoms with Crippen LogP contribution in [0.25, 0.3) is 0 Å². The molecule has 3 nitrogen and oxygen atoms in total. The highest BCUT2D eigenvalue weighted by Crippen LogP contribution is 2.08. The third kappa shape index (κ3) is 3.87. The van der Waals surface area contributed by atoms with E-state index in [2.05, 4.69) is 5.32 Å². The minimum atomic E-state index is -0.650. The summed E-state index contributed by atoms with van der Waals surface area (Å²) in [6, 6.07) is 8.86. The summed E-state index contributed by atoms with van der Waals surface area (Å²) in [4.78, 5) is 23.6. The highest BCUT2D eigenvalue weighted by Gasteiger charge is 2.21. The van der Waals surface area contributed by atoms with Crippen molar-refractivity contribution in [3.63, 3.8) is 0 Å². The highest BCUT2D eigenvalue weighted by atomic mass is 16.2. The molecule has 1 aromatic rings. The van der Waals surface area contributed by atoms with Gasteiger partial charge < -0.3 is 5.32 Å². The average Bonchev–Trinajstić information content (AvgIpc) is 2.38. The van der Waals surface area contributed by atoms with Gasteiger partial charge in [-0.15, -0.1) is 0 Å². The molecule has 90 valence electrons. The second-order valence-electron chi connectivity index (χ2n) is 3.77. The number of nitrogens with one attached hydrogen (secondary N) is 1. The summed E-state index contributed by atoms with van der Waals surface area (Å²) in [6.45, 7) is 3.97. The maximum absolute atomic E-state index is 11.9. The number of amides is 1. The van der Waals surface area contributed by atoms with Crippen LogP contribution in [0.2, 0.25) is 0 Å². The van der Waals surface area contributed by atoms with Crippen LogP contribution in [0.1, 0.15) is 24.2 Å². The van der Waals surface area contributed by atoms with Gasteiger partial charge in [0.2, 0.25) is 5.91 Å². The monoisotopic (exact) mass is 231 g/mol. The summed E-state index contributed by atoms with van der Waals surface area (Å²) >= 11 is 0. The first kappa shape index (κ1) is 13.2. The van der Waals surface area contributed by atoms with Crippen molar-refractivity contribution in [3.8, 4) is 0 Å². The number of hydrogen-bond acceptors (Lipinski definition) is 2. The lowest BCUT2D eigenvalue weighted by Crippen LogP contribution is -2.33. The van der Waals surface area contributed by atoms with Crippen molar-refractivity contribution in [2.75, 3.05) is 6.54 Å². The second-order valence-corrected chi connectivity index (χ2v) is 3.77. The van der Waals surface area contributed by atoms with E-state index in [4.69, 9.17) is 0 Å². The molecule has 0 spiro atoms. The number of carbonyl (C=O) groups excluding carboxylic acids is 2. The third-order valence-electron chi connectivity index (χ3n) is 2.47. The van der Waals surface area contributed by atoms with E-state index in [1.807, 2.05) is 25.1 Å². The van der Waals surface area contributed by atoms with Crippen LogP contribution in [0, 0.1) is 5.92 Å². The zero-order valence-corrected chi connectivity index (χ0v) is 10.1. The average molecular weight is 231 g/mol. The maximum Gasteiger partial charge on any atom is 0.230 e. The zero-order valence-electron chi connectivity index (χ0n) is 10.1. The van der Waals surface area contributed by atoms with Crippen molar-refractivity contribution in [2.45, 2.75) is 13.8 Å². The molecule has 0 unspecified atom stereocenters. The molecule has 0 aliphatic rings. The minimum Gasteiger partial charge on any atom is -0.352 e. The Balaban J connectivity index is 2.61. The van der Waals surface area contributed by atoms with Crippen LogP contribution >= 0.6 is 0 Å². The smallest absolute Gasteiger partial charge is 0.230 e. The van der Waals surface area contributed by atoms with Crippen LogP contribution < -0.4 is 5.32 Å². The van der Waals surface area contributed by atoms with Crippen molar-refractivity contribution in [3.05, 3.63) is 48.0 Å². The zero-order chi connectivity index (χ0) is 12.7. The standard InChI is InChI=1S/C14H17NO2/c1-3-4-10-15-14(17)11(2)13(16)12-8-6-5-7-9-12/h3-9,11H,10H2,1-2H3,(H,15,17)/b4-3+/t11-/m0/s1. The molecule has 0 aliphatic carbocycles. The van der Waals surface area contributed by atoms with E-state index in [0.717, 1.165) is 0 Å². The van der Waals surface area contributed by atoms with Crippen LogP contribution in [-0.4, -0.2) is 18.2 Å². The van der Waals surface area contributed by atoms with Crippen LogP contribution in [0.4, 0.5) is 0 Å².